The van der Waals surface area contributed by atoms with E-state index in [4.69, 9.17) is 4.74 Å². The lowest BCUT2D eigenvalue weighted by atomic mass is 10.0. The standard InChI is InChI=1S/C18H23N3O2/c1-18(2,3)23-17(22)20-12-15-9-10-19-21(15)13-16(20)11-14-7-5-4-6-8-14/h4-10,16H,11-13H2,1-3H3. The van der Waals surface area contributed by atoms with Crippen molar-refractivity contribution in [2.24, 2.45) is 0 Å². The first-order valence-corrected chi connectivity index (χ1v) is 7.96. The quantitative estimate of drug-likeness (QED) is 0.855. The van der Waals surface area contributed by atoms with Gasteiger partial charge >= 0.3 is 6.09 Å². The highest BCUT2D eigenvalue weighted by Crippen LogP contribution is 2.22. The second-order valence-corrected chi connectivity index (χ2v) is 6.96. The third kappa shape index (κ3) is 3.73. The summed E-state index contributed by atoms with van der Waals surface area (Å²) in [6, 6.07) is 12.2. The Morgan fingerprint density at radius 1 is 1.26 bits per heavy atom. The molecule has 1 atom stereocenters. The van der Waals surface area contributed by atoms with Crippen molar-refractivity contribution in [1.82, 2.24) is 14.7 Å². The minimum absolute atomic E-state index is 0.0413. The van der Waals surface area contributed by atoms with Gasteiger partial charge in [-0.1, -0.05) is 30.3 Å². The van der Waals surface area contributed by atoms with Crippen LogP contribution in [0.5, 0.6) is 0 Å². The zero-order valence-corrected chi connectivity index (χ0v) is 13.9. The Bertz CT molecular complexity index is 673. The van der Waals surface area contributed by atoms with Crippen LogP contribution in [-0.2, 0) is 24.2 Å². The molecule has 0 fully saturated rings. The van der Waals surface area contributed by atoms with Gasteiger partial charge in [0.2, 0.25) is 0 Å². The SMILES string of the molecule is CC(C)(C)OC(=O)N1Cc2ccnn2CC1Cc1ccccc1. The average molecular weight is 313 g/mol. The van der Waals surface area contributed by atoms with Crippen LogP contribution in [0.1, 0.15) is 32.0 Å². The summed E-state index contributed by atoms with van der Waals surface area (Å²) in [5, 5.41) is 4.35. The molecule has 0 saturated carbocycles. The molecule has 2 heterocycles. The van der Waals surface area contributed by atoms with Gasteiger partial charge in [0.15, 0.2) is 0 Å². The molecule has 0 radical (unpaired) electrons. The van der Waals surface area contributed by atoms with Crippen molar-refractivity contribution < 1.29 is 9.53 Å². The number of ether oxygens (including phenoxy) is 1. The minimum Gasteiger partial charge on any atom is -0.444 e. The first-order valence-electron chi connectivity index (χ1n) is 7.96. The van der Waals surface area contributed by atoms with Crippen molar-refractivity contribution >= 4 is 6.09 Å². The zero-order chi connectivity index (χ0) is 16.4. The molecule has 0 bridgehead atoms. The maximum atomic E-state index is 12.6. The van der Waals surface area contributed by atoms with Gasteiger partial charge in [0.1, 0.15) is 5.60 Å². The molecule has 1 aromatic heterocycles. The van der Waals surface area contributed by atoms with Gasteiger partial charge in [-0.25, -0.2) is 4.79 Å². The molecule has 0 aliphatic carbocycles. The highest BCUT2D eigenvalue weighted by molar-refractivity contribution is 5.68. The normalized spacial score (nSPS) is 17.7. The second kappa shape index (κ2) is 6.07. The van der Waals surface area contributed by atoms with E-state index in [1.165, 1.54) is 5.56 Å². The summed E-state index contributed by atoms with van der Waals surface area (Å²) in [5.41, 5.74) is 1.76. The number of aromatic nitrogens is 2. The Morgan fingerprint density at radius 3 is 2.70 bits per heavy atom. The molecule has 23 heavy (non-hydrogen) atoms. The number of hydrogen-bond donors (Lipinski definition) is 0. The molecule has 5 nitrogen and oxygen atoms in total. The van der Waals surface area contributed by atoms with Crippen LogP contribution in [0.15, 0.2) is 42.6 Å². The van der Waals surface area contributed by atoms with Gasteiger partial charge in [0.05, 0.1) is 24.8 Å². The molecule has 2 aromatic rings. The Labute approximate surface area is 136 Å². The minimum atomic E-state index is -0.494. The number of amides is 1. The molecule has 0 saturated heterocycles. The highest BCUT2D eigenvalue weighted by Gasteiger charge is 2.33. The fourth-order valence-corrected chi connectivity index (χ4v) is 2.86. The van der Waals surface area contributed by atoms with Crippen LogP contribution in [0.2, 0.25) is 0 Å². The smallest absolute Gasteiger partial charge is 0.410 e. The molecular formula is C18H23N3O2. The van der Waals surface area contributed by atoms with Gasteiger partial charge in [0, 0.05) is 6.20 Å². The molecule has 3 rings (SSSR count). The van der Waals surface area contributed by atoms with Crippen molar-refractivity contribution in [3.63, 3.8) is 0 Å². The van der Waals surface area contributed by atoms with Crippen molar-refractivity contribution in [2.75, 3.05) is 0 Å². The molecular weight excluding hydrogens is 290 g/mol. The Hall–Kier alpha value is -2.30. The molecule has 1 amide bonds. The van der Waals surface area contributed by atoms with Gasteiger partial charge in [-0.15, -0.1) is 0 Å². The third-order valence-electron chi connectivity index (χ3n) is 3.90. The van der Waals surface area contributed by atoms with Gasteiger partial charge in [-0.3, -0.25) is 9.58 Å². The first-order chi connectivity index (χ1) is 10.9. The number of fused-ring (bicyclic) bond motifs is 1. The van der Waals surface area contributed by atoms with E-state index in [2.05, 4.69) is 17.2 Å². The van der Waals surface area contributed by atoms with Crippen molar-refractivity contribution in [1.29, 1.82) is 0 Å². The van der Waals surface area contributed by atoms with E-state index in [1.54, 1.807) is 6.20 Å². The van der Waals surface area contributed by atoms with E-state index in [0.29, 0.717) is 13.1 Å². The highest BCUT2D eigenvalue weighted by atomic mass is 16.6. The number of benzene rings is 1. The molecule has 1 aliphatic heterocycles. The number of carbonyl (C=O) groups excluding carboxylic acids is 1. The summed E-state index contributed by atoms with van der Waals surface area (Å²) in [4.78, 5) is 14.4. The van der Waals surface area contributed by atoms with Gasteiger partial charge < -0.3 is 4.74 Å². The van der Waals surface area contributed by atoms with E-state index in [9.17, 15) is 4.79 Å². The third-order valence-corrected chi connectivity index (χ3v) is 3.90. The molecule has 5 heteroatoms. The van der Waals surface area contributed by atoms with Crippen molar-refractivity contribution in [2.45, 2.75) is 51.9 Å². The molecule has 122 valence electrons. The van der Waals surface area contributed by atoms with Crippen LogP contribution >= 0.6 is 0 Å². The monoisotopic (exact) mass is 313 g/mol. The van der Waals surface area contributed by atoms with E-state index in [1.807, 2.05) is 54.6 Å². The van der Waals surface area contributed by atoms with Gasteiger partial charge in [-0.05, 0) is 38.8 Å². The largest absolute Gasteiger partial charge is 0.444 e. The Kier molecular flexibility index (Phi) is 4.11. The fraction of sp³-hybridized carbons (Fsp3) is 0.444. The lowest BCUT2D eigenvalue weighted by Crippen LogP contribution is -2.49. The maximum absolute atomic E-state index is 12.6. The molecule has 1 aliphatic rings. The van der Waals surface area contributed by atoms with Crippen molar-refractivity contribution in [3.8, 4) is 0 Å². The number of hydrogen-bond acceptors (Lipinski definition) is 3. The predicted molar refractivity (Wildman–Crippen MR) is 87.9 cm³/mol. The van der Waals surface area contributed by atoms with E-state index in [-0.39, 0.29) is 12.1 Å². The molecule has 1 aromatic carbocycles. The summed E-state index contributed by atoms with van der Waals surface area (Å²) >= 11 is 0. The number of rotatable bonds is 2. The second-order valence-electron chi connectivity index (χ2n) is 6.96. The molecule has 0 N–H and O–H groups in total. The maximum Gasteiger partial charge on any atom is 0.410 e. The summed E-state index contributed by atoms with van der Waals surface area (Å²) in [6.07, 6.45) is 2.32. The van der Waals surface area contributed by atoms with E-state index < -0.39 is 5.60 Å². The van der Waals surface area contributed by atoms with Gasteiger partial charge in [-0.2, -0.15) is 5.10 Å². The number of carbonyl (C=O) groups is 1. The summed E-state index contributed by atoms with van der Waals surface area (Å²) < 4.78 is 7.57. The van der Waals surface area contributed by atoms with Crippen LogP contribution < -0.4 is 0 Å². The predicted octanol–water partition coefficient (Wildman–Crippen LogP) is 3.25. The van der Waals surface area contributed by atoms with Crippen LogP contribution in [0.4, 0.5) is 4.79 Å². The van der Waals surface area contributed by atoms with Crippen LogP contribution in [-0.4, -0.2) is 32.4 Å². The molecule has 0 spiro atoms. The molecule has 1 unspecified atom stereocenters. The number of nitrogens with zero attached hydrogens (tertiary/aromatic N) is 3. The van der Waals surface area contributed by atoms with Crippen LogP contribution in [0, 0.1) is 0 Å². The van der Waals surface area contributed by atoms with Crippen molar-refractivity contribution in [3.05, 3.63) is 53.9 Å². The summed E-state index contributed by atoms with van der Waals surface area (Å²) in [5.74, 6) is 0. The Balaban J connectivity index is 1.82. The summed E-state index contributed by atoms with van der Waals surface area (Å²) in [6.45, 7) is 6.91. The van der Waals surface area contributed by atoms with E-state index >= 15 is 0 Å². The topological polar surface area (TPSA) is 47.4 Å². The Morgan fingerprint density at radius 2 is 2.00 bits per heavy atom. The van der Waals surface area contributed by atoms with Crippen LogP contribution in [0.3, 0.4) is 0 Å². The lowest BCUT2D eigenvalue weighted by Gasteiger charge is -2.37. The first kappa shape index (κ1) is 15.6. The fourth-order valence-electron chi connectivity index (χ4n) is 2.86. The average Bonchev–Trinajstić information content (AvgIpc) is 2.93. The van der Waals surface area contributed by atoms with Gasteiger partial charge in [0.25, 0.3) is 0 Å². The lowest BCUT2D eigenvalue weighted by molar-refractivity contribution is 0.00678. The van der Waals surface area contributed by atoms with E-state index in [0.717, 1.165) is 12.1 Å². The van der Waals surface area contributed by atoms with Crippen LogP contribution in [0.25, 0.3) is 0 Å². The summed E-state index contributed by atoms with van der Waals surface area (Å²) in [7, 11) is 0. The zero-order valence-electron chi connectivity index (χ0n) is 13.9.